The highest BCUT2D eigenvalue weighted by molar-refractivity contribution is 4.70. The Labute approximate surface area is 98.5 Å². The van der Waals surface area contributed by atoms with Gasteiger partial charge in [-0.1, -0.05) is 0 Å². The molecule has 1 aliphatic heterocycles. The first-order chi connectivity index (χ1) is 7.54. The Morgan fingerprint density at radius 3 is 1.38 bits per heavy atom. The molecule has 1 heterocycles. The predicted octanol–water partition coefficient (Wildman–Crippen LogP) is 0.721. The van der Waals surface area contributed by atoms with Crippen LogP contribution in [-0.2, 0) is 0 Å². The minimum Gasteiger partial charge on any atom is -0.316 e. The molecule has 88 valence electrons. The van der Waals surface area contributed by atoms with Crippen LogP contribution in [0.2, 0.25) is 0 Å². The maximum Gasteiger partial charge on any atom is 0.128 e. The van der Waals surface area contributed by atoms with E-state index in [1.165, 1.54) is 0 Å². The minimum absolute atomic E-state index is 0.651. The molecule has 1 aliphatic rings. The van der Waals surface area contributed by atoms with Crippen molar-refractivity contribution >= 4 is 0 Å². The second-order valence-corrected chi connectivity index (χ2v) is 5.40. The molecule has 1 rings (SSSR count). The highest BCUT2D eigenvalue weighted by Crippen LogP contribution is 2.16. The van der Waals surface area contributed by atoms with Crippen LogP contribution in [0.15, 0.2) is 0 Å². The van der Waals surface area contributed by atoms with Crippen molar-refractivity contribution in [2.45, 2.75) is 12.8 Å². The number of hydrogen-bond donors (Lipinski definition) is 0. The maximum absolute atomic E-state index is 8.63. The number of rotatable bonds is 4. The number of nitrogens with zero attached hydrogens (tertiary/aromatic N) is 4. The molecule has 4 nitrogen and oxygen atoms in total. The van der Waals surface area contributed by atoms with Gasteiger partial charge < -0.3 is 8.97 Å². The van der Waals surface area contributed by atoms with Crippen LogP contribution in [0.5, 0.6) is 0 Å². The van der Waals surface area contributed by atoms with Crippen molar-refractivity contribution in [1.82, 2.24) is 0 Å². The molecule has 0 atom stereocenters. The Morgan fingerprint density at radius 1 is 0.812 bits per heavy atom. The molecule has 0 radical (unpaired) electrons. The maximum atomic E-state index is 8.63. The molecule has 0 aromatic heterocycles. The predicted molar refractivity (Wildman–Crippen MR) is 62.0 cm³/mol. The van der Waals surface area contributed by atoms with Gasteiger partial charge in [0.25, 0.3) is 0 Å². The molecule has 0 spiro atoms. The lowest BCUT2D eigenvalue weighted by Gasteiger charge is -2.45. The number of likely N-dealkylation sites (N-methyl/N-ethyl adjacent to an activating group) is 2. The van der Waals surface area contributed by atoms with Gasteiger partial charge >= 0.3 is 0 Å². The van der Waals surface area contributed by atoms with E-state index >= 15 is 0 Å². The zero-order valence-corrected chi connectivity index (χ0v) is 10.4. The molecule has 0 saturated carbocycles. The second kappa shape index (κ2) is 5.30. The van der Waals surface area contributed by atoms with Crippen LogP contribution < -0.4 is 0 Å². The van der Waals surface area contributed by atoms with Crippen molar-refractivity contribution in [2.24, 2.45) is 0 Å². The summed E-state index contributed by atoms with van der Waals surface area (Å²) >= 11 is 0. The molecule has 0 aromatic rings. The molecule has 0 amide bonds. The van der Waals surface area contributed by atoms with E-state index in [9.17, 15) is 0 Å². The summed E-state index contributed by atoms with van der Waals surface area (Å²) in [6.07, 6.45) is 1.30. The third kappa shape index (κ3) is 3.48. The first-order valence-corrected chi connectivity index (χ1v) is 5.95. The third-order valence-electron chi connectivity index (χ3n) is 3.89. The first-order valence-electron chi connectivity index (χ1n) is 5.95. The van der Waals surface area contributed by atoms with Gasteiger partial charge in [0.05, 0.1) is 52.2 Å². The van der Waals surface area contributed by atoms with Gasteiger partial charge in [0.1, 0.15) is 26.2 Å². The zero-order chi connectivity index (χ0) is 12.1. The highest BCUT2D eigenvalue weighted by Gasteiger charge is 2.36. The van der Waals surface area contributed by atoms with E-state index in [1.807, 2.05) is 0 Å². The Bertz CT molecular complexity index is 270. The molecule has 0 aliphatic carbocycles. The molecular formula is C12H22N4+2. The fourth-order valence-corrected chi connectivity index (χ4v) is 2.28. The van der Waals surface area contributed by atoms with Gasteiger partial charge in [0.15, 0.2) is 0 Å². The fourth-order valence-electron chi connectivity index (χ4n) is 2.28. The molecule has 0 N–H and O–H groups in total. The smallest absolute Gasteiger partial charge is 0.128 e. The molecule has 16 heavy (non-hydrogen) atoms. The summed E-state index contributed by atoms with van der Waals surface area (Å²) in [5.74, 6) is 0. The quantitative estimate of drug-likeness (QED) is 0.658. The lowest BCUT2D eigenvalue weighted by Crippen LogP contribution is -2.64. The van der Waals surface area contributed by atoms with Gasteiger partial charge in [0.2, 0.25) is 0 Å². The lowest BCUT2D eigenvalue weighted by atomic mass is 10.2. The molecule has 0 unspecified atom stereocenters. The Kier molecular flexibility index (Phi) is 4.29. The Hall–Kier alpha value is -1.10. The van der Waals surface area contributed by atoms with Crippen LogP contribution in [0.25, 0.3) is 0 Å². The van der Waals surface area contributed by atoms with Gasteiger partial charge in [0, 0.05) is 0 Å². The van der Waals surface area contributed by atoms with Crippen LogP contribution in [0.4, 0.5) is 0 Å². The van der Waals surface area contributed by atoms with Crippen molar-refractivity contribution in [3.8, 4) is 12.1 Å². The lowest BCUT2D eigenvalue weighted by molar-refractivity contribution is -1.01. The van der Waals surface area contributed by atoms with Crippen LogP contribution in [0.3, 0.4) is 0 Å². The summed E-state index contributed by atoms with van der Waals surface area (Å²) in [7, 11) is 4.48. The summed E-state index contributed by atoms with van der Waals surface area (Å²) in [4.78, 5) is 0. The van der Waals surface area contributed by atoms with Crippen molar-refractivity contribution in [3.63, 3.8) is 0 Å². The summed E-state index contributed by atoms with van der Waals surface area (Å²) in [6, 6.07) is 4.46. The number of quaternary nitrogens is 2. The minimum atomic E-state index is 0.651. The van der Waals surface area contributed by atoms with E-state index in [4.69, 9.17) is 10.5 Å². The van der Waals surface area contributed by atoms with Crippen molar-refractivity contribution in [1.29, 1.82) is 10.5 Å². The van der Waals surface area contributed by atoms with Crippen LogP contribution in [0, 0.1) is 22.7 Å². The summed E-state index contributed by atoms with van der Waals surface area (Å²) in [5.41, 5.74) is 0. The van der Waals surface area contributed by atoms with E-state index < -0.39 is 0 Å². The fraction of sp³-hybridized carbons (Fsp3) is 0.833. The number of hydrogen-bond acceptors (Lipinski definition) is 2. The van der Waals surface area contributed by atoms with E-state index in [-0.39, 0.29) is 0 Å². The molecule has 0 aromatic carbocycles. The normalized spacial score (nSPS) is 34.0. The van der Waals surface area contributed by atoms with Crippen LogP contribution in [0.1, 0.15) is 12.8 Å². The Morgan fingerprint density at radius 2 is 1.12 bits per heavy atom. The number of nitriles is 2. The largest absolute Gasteiger partial charge is 0.316 e. The number of piperazine rings is 1. The summed E-state index contributed by atoms with van der Waals surface area (Å²) < 4.78 is 2.04. The second-order valence-electron chi connectivity index (χ2n) is 5.40. The molecule has 4 heteroatoms. The van der Waals surface area contributed by atoms with E-state index in [0.29, 0.717) is 12.8 Å². The summed E-state index contributed by atoms with van der Waals surface area (Å²) in [5, 5.41) is 17.3. The van der Waals surface area contributed by atoms with Crippen LogP contribution in [-0.4, -0.2) is 62.3 Å². The Balaban J connectivity index is 2.44. The van der Waals surface area contributed by atoms with Gasteiger partial charge in [-0.25, -0.2) is 0 Å². The van der Waals surface area contributed by atoms with Gasteiger partial charge in [-0.05, 0) is 0 Å². The average molecular weight is 222 g/mol. The van der Waals surface area contributed by atoms with Crippen molar-refractivity contribution in [2.75, 3.05) is 53.4 Å². The van der Waals surface area contributed by atoms with E-state index in [2.05, 4.69) is 26.2 Å². The van der Waals surface area contributed by atoms with E-state index in [0.717, 1.165) is 48.2 Å². The van der Waals surface area contributed by atoms with E-state index in [1.54, 1.807) is 0 Å². The zero-order valence-electron chi connectivity index (χ0n) is 10.4. The molecular weight excluding hydrogens is 200 g/mol. The SMILES string of the molecule is C[N+]1(CCC#N)CC[N+](C)(CCC#N)CC1. The molecule has 1 saturated heterocycles. The molecule has 0 bridgehead atoms. The third-order valence-corrected chi connectivity index (χ3v) is 3.89. The average Bonchev–Trinajstić information content (AvgIpc) is 2.29. The molecule has 1 fully saturated rings. The summed E-state index contributed by atoms with van der Waals surface area (Å²) in [6.45, 7) is 6.45. The topological polar surface area (TPSA) is 47.6 Å². The van der Waals surface area contributed by atoms with Crippen molar-refractivity contribution < 1.29 is 8.97 Å². The van der Waals surface area contributed by atoms with Crippen molar-refractivity contribution in [3.05, 3.63) is 0 Å². The highest BCUT2D eigenvalue weighted by atomic mass is 15.4. The monoisotopic (exact) mass is 222 g/mol. The first kappa shape index (κ1) is 13.0. The van der Waals surface area contributed by atoms with Gasteiger partial charge in [-0.2, -0.15) is 10.5 Å². The van der Waals surface area contributed by atoms with Gasteiger partial charge in [-0.3, -0.25) is 0 Å². The van der Waals surface area contributed by atoms with Gasteiger partial charge in [-0.15, -0.1) is 0 Å². The van der Waals surface area contributed by atoms with Crippen LogP contribution >= 0.6 is 0 Å². The standard InChI is InChI=1S/C12H22N4/c1-15(7-3-5-13)9-11-16(2,12-10-15)8-4-6-14/h3-4,7-12H2,1-2H3/q+2.